The lowest BCUT2D eigenvalue weighted by atomic mass is 10.1. The van der Waals surface area contributed by atoms with Crippen molar-refractivity contribution in [1.29, 1.82) is 0 Å². The molecular formula is C14H16ClN3O3. The number of aromatic nitrogens is 2. The van der Waals surface area contributed by atoms with Gasteiger partial charge in [0.1, 0.15) is 0 Å². The lowest BCUT2D eigenvalue weighted by Crippen LogP contribution is -2.43. The third-order valence-electron chi connectivity index (χ3n) is 2.36. The summed E-state index contributed by atoms with van der Waals surface area (Å²) in [5.41, 5.74) is 0.315. The molecule has 7 heteroatoms. The van der Waals surface area contributed by atoms with Crippen molar-refractivity contribution in [3.05, 3.63) is 29.3 Å². The van der Waals surface area contributed by atoms with Crippen LogP contribution in [0.15, 0.2) is 28.8 Å². The van der Waals surface area contributed by atoms with Gasteiger partial charge in [-0.25, -0.2) is 0 Å². The molecule has 0 saturated carbocycles. The van der Waals surface area contributed by atoms with Gasteiger partial charge < -0.3 is 10.1 Å². The monoisotopic (exact) mass is 309 g/mol. The van der Waals surface area contributed by atoms with Gasteiger partial charge in [-0.2, -0.15) is 4.98 Å². The smallest absolute Gasteiger partial charge is 0.418 e. The van der Waals surface area contributed by atoms with Crippen LogP contribution in [0.1, 0.15) is 20.8 Å². The number of hydrogen-bond donors (Lipinski definition) is 1. The van der Waals surface area contributed by atoms with Crippen LogP contribution in [0.2, 0.25) is 5.02 Å². The third kappa shape index (κ3) is 4.46. The van der Waals surface area contributed by atoms with E-state index in [1.165, 1.54) is 0 Å². The van der Waals surface area contributed by atoms with E-state index in [1.807, 2.05) is 26.8 Å². The van der Waals surface area contributed by atoms with E-state index in [0.717, 1.165) is 0 Å². The summed E-state index contributed by atoms with van der Waals surface area (Å²) in [4.78, 5) is 15.7. The second kappa shape index (κ2) is 6.13. The summed E-state index contributed by atoms with van der Waals surface area (Å²) in [5, 5.41) is 7.04. The van der Waals surface area contributed by atoms with E-state index in [-0.39, 0.29) is 24.1 Å². The van der Waals surface area contributed by atoms with E-state index >= 15 is 0 Å². The van der Waals surface area contributed by atoms with Crippen molar-refractivity contribution in [3.63, 3.8) is 0 Å². The first kappa shape index (κ1) is 15.3. The predicted octanol–water partition coefficient (Wildman–Crippen LogP) is 2.68. The highest BCUT2D eigenvalue weighted by atomic mass is 35.5. The Hall–Kier alpha value is -2.08. The van der Waals surface area contributed by atoms with Gasteiger partial charge in [-0.15, -0.1) is 0 Å². The largest absolute Gasteiger partial charge is 0.439 e. The number of hydrogen-bond acceptors (Lipinski definition) is 5. The molecule has 0 aliphatic rings. The lowest BCUT2D eigenvalue weighted by Gasteiger charge is -2.19. The molecule has 0 radical (unpaired) electrons. The van der Waals surface area contributed by atoms with E-state index < -0.39 is 0 Å². The molecule has 1 amide bonds. The first-order chi connectivity index (χ1) is 9.85. The van der Waals surface area contributed by atoms with Crippen LogP contribution in [0.25, 0.3) is 11.4 Å². The summed E-state index contributed by atoms with van der Waals surface area (Å²) in [5.74, 6) is 0.0480. The summed E-state index contributed by atoms with van der Waals surface area (Å²) in [6, 6.07) is 7.11. The van der Waals surface area contributed by atoms with Gasteiger partial charge >= 0.3 is 6.08 Å². The maximum absolute atomic E-state index is 11.6. The molecule has 0 aliphatic carbocycles. The fraction of sp³-hybridized carbons (Fsp3) is 0.357. The minimum atomic E-state index is -0.321. The maximum atomic E-state index is 11.6. The van der Waals surface area contributed by atoms with Crippen LogP contribution in [0.4, 0.5) is 0 Å². The van der Waals surface area contributed by atoms with Gasteiger partial charge in [-0.05, 0) is 32.9 Å². The van der Waals surface area contributed by atoms with Crippen molar-refractivity contribution in [2.45, 2.75) is 26.3 Å². The summed E-state index contributed by atoms with van der Waals surface area (Å²) >= 11 is 6.04. The molecule has 1 N–H and O–H groups in total. The average molecular weight is 310 g/mol. The van der Waals surface area contributed by atoms with Crippen LogP contribution in [-0.2, 0) is 4.79 Å². The molecule has 2 aromatic rings. The highest BCUT2D eigenvalue weighted by molar-refractivity contribution is 6.33. The number of nitrogens with zero attached hydrogens (tertiary/aromatic N) is 2. The second-order valence-electron chi connectivity index (χ2n) is 5.45. The number of halogens is 1. The first-order valence-electron chi connectivity index (χ1n) is 6.37. The zero-order valence-electron chi connectivity index (χ0n) is 12.0. The van der Waals surface area contributed by atoms with E-state index in [2.05, 4.69) is 15.5 Å². The second-order valence-corrected chi connectivity index (χ2v) is 5.86. The van der Waals surface area contributed by atoms with E-state index in [0.29, 0.717) is 16.4 Å². The Balaban J connectivity index is 1.98. The Kier molecular flexibility index (Phi) is 4.47. The minimum absolute atomic E-state index is 0.0750. The van der Waals surface area contributed by atoms with Crippen LogP contribution in [0.5, 0.6) is 6.08 Å². The molecule has 112 valence electrons. The Morgan fingerprint density at radius 1 is 1.38 bits per heavy atom. The minimum Gasteiger partial charge on any atom is -0.439 e. The summed E-state index contributed by atoms with van der Waals surface area (Å²) in [6.07, 6.45) is -0.0750. The van der Waals surface area contributed by atoms with Crippen LogP contribution in [0, 0.1) is 0 Å². The molecule has 0 fully saturated rings. The van der Waals surface area contributed by atoms with Gasteiger partial charge in [0.05, 0.1) is 5.02 Å². The molecule has 6 nitrogen and oxygen atoms in total. The number of ether oxygens (including phenoxy) is 1. The van der Waals surface area contributed by atoms with E-state index in [4.69, 9.17) is 20.9 Å². The molecule has 0 saturated heterocycles. The normalized spacial score (nSPS) is 11.2. The third-order valence-corrected chi connectivity index (χ3v) is 2.69. The summed E-state index contributed by atoms with van der Waals surface area (Å²) in [7, 11) is 0. The number of benzene rings is 1. The quantitative estimate of drug-likeness (QED) is 0.939. The molecule has 0 spiro atoms. The molecule has 2 rings (SSSR count). The zero-order chi connectivity index (χ0) is 15.5. The van der Waals surface area contributed by atoms with Gasteiger partial charge in [0.15, 0.2) is 6.61 Å². The highest BCUT2D eigenvalue weighted by Gasteiger charge is 2.16. The highest BCUT2D eigenvalue weighted by Crippen LogP contribution is 2.26. The van der Waals surface area contributed by atoms with Gasteiger partial charge in [-0.3, -0.25) is 9.32 Å². The molecule has 21 heavy (non-hydrogen) atoms. The number of carbonyl (C=O) groups excluding carboxylic acids is 1. The number of carbonyl (C=O) groups is 1. The van der Waals surface area contributed by atoms with Crippen molar-refractivity contribution < 1.29 is 14.1 Å². The lowest BCUT2D eigenvalue weighted by molar-refractivity contribution is -0.125. The van der Waals surface area contributed by atoms with Crippen molar-refractivity contribution in [2.75, 3.05) is 6.61 Å². The van der Waals surface area contributed by atoms with Gasteiger partial charge in [0.2, 0.25) is 5.82 Å². The molecule has 0 aliphatic heterocycles. The predicted molar refractivity (Wildman–Crippen MR) is 78.1 cm³/mol. The number of nitrogens with one attached hydrogen (secondary N) is 1. The molecule has 1 heterocycles. The van der Waals surface area contributed by atoms with Crippen molar-refractivity contribution in [2.24, 2.45) is 0 Å². The number of rotatable bonds is 4. The number of amides is 1. The Morgan fingerprint density at radius 3 is 2.76 bits per heavy atom. The van der Waals surface area contributed by atoms with E-state index in [9.17, 15) is 4.79 Å². The maximum Gasteiger partial charge on any atom is 0.418 e. The molecular weight excluding hydrogens is 294 g/mol. The Morgan fingerprint density at radius 2 is 2.10 bits per heavy atom. The molecule has 1 aromatic heterocycles. The van der Waals surface area contributed by atoms with Crippen molar-refractivity contribution in [3.8, 4) is 17.5 Å². The van der Waals surface area contributed by atoms with Gasteiger partial charge in [0, 0.05) is 11.1 Å². The molecule has 0 unspecified atom stereocenters. The average Bonchev–Trinajstić information content (AvgIpc) is 2.83. The fourth-order valence-corrected chi connectivity index (χ4v) is 1.82. The Bertz CT molecular complexity index is 634. The molecule has 0 atom stereocenters. The van der Waals surface area contributed by atoms with E-state index in [1.54, 1.807) is 18.2 Å². The van der Waals surface area contributed by atoms with Crippen LogP contribution >= 0.6 is 11.6 Å². The first-order valence-corrected chi connectivity index (χ1v) is 6.75. The van der Waals surface area contributed by atoms with Crippen LogP contribution < -0.4 is 10.1 Å². The fourth-order valence-electron chi connectivity index (χ4n) is 1.60. The summed E-state index contributed by atoms with van der Waals surface area (Å²) < 4.78 is 10.1. The van der Waals surface area contributed by atoms with Crippen LogP contribution in [0.3, 0.4) is 0 Å². The van der Waals surface area contributed by atoms with Gasteiger partial charge in [-0.1, -0.05) is 28.9 Å². The SMILES string of the molecule is CC(C)(C)NC(=O)COc1nc(-c2ccccc2Cl)no1. The van der Waals surface area contributed by atoms with Gasteiger partial charge in [0.25, 0.3) is 5.91 Å². The van der Waals surface area contributed by atoms with Crippen molar-refractivity contribution in [1.82, 2.24) is 15.5 Å². The van der Waals surface area contributed by atoms with Crippen molar-refractivity contribution >= 4 is 17.5 Å². The Labute approximate surface area is 127 Å². The topological polar surface area (TPSA) is 77.2 Å². The van der Waals surface area contributed by atoms with Crippen LogP contribution in [-0.4, -0.2) is 28.2 Å². The zero-order valence-corrected chi connectivity index (χ0v) is 12.8. The molecule has 1 aromatic carbocycles. The summed E-state index contributed by atoms with van der Waals surface area (Å²) in [6.45, 7) is 5.45. The molecule has 0 bridgehead atoms. The standard InChI is InChI=1S/C14H16ClN3O3/c1-14(2,3)17-11(19)8-20-13-16-12(18-21-13)9-6-4-5-7-10(9)15/h4-7H,8H2,1-3H3,(H,17,19).